The number of aryl methyl sites for hydroxylation is 2. The molecule has 1 atom stereocenters. The van der Waals surface area contributed by atoms with E-state index in [-0.39, 0.29) is 12.4 Å². The third-order valence-electron chi connectivity index (χ3n) is 5.11. The summed E-state index contributed by atoms with van der Waals surface area (Å²) in [5.74, 6) is -0.391. The molecule has 0 spiro atoms. The van der Waals surface area contributed by atoms with Crippen LogP contribution < -0.4 is 15.7 Å². The second-order valence-corrected chi connectivity index (χ2v) is 7.61. The summed E-state index contributed by atoms with van der Waals surface area (Å²) in [5, 5.41) is 3.28. The largest absolute Gasteiger partial charge is 0.445 e. The smallest absolute Gasteiger partial charge is 0.408 e. The summed E-state index contributed by atoms with van der Waals surface area (Å²) >= 11 is 0. The zero-order chi connectivity index (χ0) is 23.1. The van der Waals surface area contributed by atoms with Gasteiger partial charge in [-0.05, 0) is 49.9 Å². The quantitative estimate of drug-likeness (QED) is 0.313. The topological polar surface area (TPSA) is 94.8 Å². The van der Waals surface area contributed by atoms with Crippen LogP contribution in [0.25, 0.3) is 11.0 Å². The molecule has 1 N–H and O–H groups in total. The number of carbonyl (C=O) groups is 2. The monoisotopic (exact) mass is 437 g/mol. The van der Waals surface area contributed by atoms with Gasteiger partial charge in [-0.25, -0.2) is 14.4 Å². The first-order valence-electron chi connectivity index (χ1n) is 10.6. The van der Waals surface area contributed by atoms with E-state index in [4.69, 9.17) is 13.9 Å². The minimum absolute atomic E-state index is 0.0949. The number of ether oxygens (including phenoxy) is 2. The van der Waals surface area contributed by atoms with Crippen LogP contribution in [0, 0.1) is 6.92 Å². The normalized spacial score (nSPS) is 11.7. The van der Waals surface area contributed by atoms with E-state index in [1.54, 1.807) is 19.1 Å². The summed E-state index contributed by atoms with van der Waals surface area (Å²) in [6.07, 6.45) is 2.01. The summed E-state index contributed by atoms with van der Waals surface area (Å²) in [6, 6.07) is 13.3. The van der Waals surface area contributed by atoms with E-state index in [9.17, 15) is 14.4 Å². The van der Waals surface area contributed by atoms with Crippen LogP contribution >= 0.6 is 0 Å². The van der Waals surface area contributed by atoms with Crippen molar-refractivity contribution in [3.8, 4) is 5.75 Å². The second kappa shape index (κ2) is 10.6. The lowest BCUT2D eigenvalue weighted by Crippen LogP contribution is -2.41. The molecule has 0 radical (unpaired) electrons. The molecule has 32 heavy (non-hydrogen) atoms. The van der Waals surface area contributed by atoms with E-state index < -0.39 is 23.7 Å². The van der Waals surface area contributed by atoms with Gasteiger partial charge >= 0.3 is 17.7 Å². The van der Waals surface area contributed by atoms with E-state index in [0.717, 1.165) is 35.8 Å². The third-order valence-corrected chi connectivity index (χ3v) is 5.11. The Morgan fingerprint density at radius 2 is 1.88 bits per heavy atom. The Bertz CT molecular complexity index is 1150. The highest BCUT2D eigenvalue weighted by Gasteiger charge is 2.21. The van der Waals surface area contributed by atoms with E-state index in [0.29, 0.717) is 11.1 Å². The molecule has 0 bridgehead atoms. The molecule has 0 unspecified atom stereocenters. The van der Waals surface area contributed by atoms with Crippen LogP contribution in [0.5, 0.6) is 5.75 Å². The number of nitrogens with one attached hydrogen (secondary N) is 1. The third kappa shape index (κ3) is 5.75. The van der Waals surface area contributed by atoms with Gasteiger partial charge in [-0.1, -0.05) is 43.7 Å². The summed E-state index contributed by atoms with van der Waals surface area (Å²) in [6.45, 7) is 5.41. The molecule has 7 nitrogen and oxygen atoms in total. The molecule has 0 fully saturated rings. The Labute approximate surface area is 186 Å². The standard InChI is InChI=1S/C25H27NO6/c1-4-5-11-19-14-22(27)32-23-16(2)21(13-12-20(19)23)31-24(28)17(3)26-25(29)30-15-18-9-7-6-8-10-18/h6-10,12-14,17H,4-5,11,15H2,1-3H3,(H,26,29)/t17-/m0/s1. The highest BCUT2D eigenvalue weighted by atomic mass is 16.6. The van der Waals surface area contributed by atoms with Crippen molar-refractivity contribution in [2.45, 2.75) is 52.7 Å². The Kier molecular flexibility index (Phi) is 7.65. The van der Waals surface area contributed by atoms with Crippen molar-refractivity contribution < 1.29 is 23.5 Å². The first kappa shape index (κ1) is 23.1. The average molecular weight is 437 g/mol. The van der Waals surface area contributed by atoms with Gasteiger partial charge in [-0.2, -0.15) is 0 Å². The van der Waals surface area contributed by atoms with Gasteiger partial charge in [-0.15, -0.1) is 0 Å². The summed E-state index contributed by atoms with van der Waals surface area (Å²) < 4.78 is 16.0. The highest BCUT2D eigenvalue weighted by Crippen LogP contribution is 2.29. The number of amides is 1. The fourth-order valence-corrected chi connectivity index (χ4v) is 3.29. The van der Waals surface area contributed by atoms with Gasteiger partial charge in [0, 0.05) is 17.0 Å². The van der Waals surface area contributed by atoms with Crippen molar-refractivity contribution in [1.82, 2.24) is 5.32 Å². The lowest BCUT2D eigenvalue weighted by atomic mass is 10.0. The molecule has 0 saturated carbocycles. The zero-order valence-corrected chi connectivity index (χ0v) is 18.5. The van der Waals surface area contributed by atoms with Gasteiger partial charge in [0.05, 0.1) is 0 Å². The zero-order valence-electron chi connectivity index (χ0n) is 18.5. The molecule has 1 heterocycles. The van der Waals surface area contributed by atoms with Crippen LogP contribution in [0.3, 0.4) is 0 Å². The van der Waals surface area contributed by atoms with Gasteiger partial charge < -0.3 is 19.2 Å². The van der Waals surface area contributed by atoms with E-state index >= 15 is 0 Å². The summed E-state index contributed by atoms with van der Waals surface area (Å²) in [4.78, 5) is 36.5. The molecule has 0 saturated heterocycles. The van der Waals surface area contributed by atoms with Gasteiger partial charge in [0.15, 0.2) is 0 Å². The molecular weight excluding hydrogens is 410 g/mol. The fourth-order valence-electron chi connectivity index (χ4n) is 3.29. The number of esters is 1. The predicted octanol–water partition coefficient (Wildman–Crippen LogP) is 4.66. The number of hydrogen-bond acceptors (Lipinski definition) is 6. The maximum atomic E-state index is 12.5. The first-order valence-corrected chi connectivity index (χ1v) is 10.6. The SMILES string of the molecule is CCCCc1cc(=O)oc2c(C)c(OC(=O)[C@H](C)NC(=O)OCc3ccccc3)ccc12. The molecular formula is C25H27NO6. The highest BCUT2D eigenvalue weighted by molar-refractivity contribution is 5.87. The van der Waals surface area contributed by atoms with Gasteiger partial charge in [-0.3, -0.25) is 0 Å². The Morgan fingerprint density at radius 1 is 1.12 bits per heavy atom. The van der Waals surface area contributed by atoms with Gasteiger partial charge in [0.2, 0.25) is 0 Å². The molecule has 2 aromatic carbocycles. The van der Waals surface area contributed by atoms with Crippen molar-refractivity contribution in [2.24, 2.45) is 0 Å². The fraction of sp³-hybridized carbons (Fsp3) is 0.320. The van der Waals surface area contributed by atoms with Gasteiger partial charge in [0.25, 0.3) is 0 Å². The van der Waals surface area contributed by atoms with Crippen LogP contribution in [0.2, 0.25) is 0 Å². The maximum absolute atomic E-state index is 12.5. The number of unbranched alkanes of at least 4 members (excludes halogenated alkanes) is 1. The van der Waals surface area contributed by atoms with Crippen molar-refractivity contribution >= 4 is 23.0 Å². The molecule has 0 aliphatic heterocycles. The van der Waals surface area contributed by atoms with Crippen LogP contribution in [0.15, 0.2) is 57.7 Å². The molecule has 0 aliphatic carbocycles. The van der Waals surface area contributed by atoms with Crippen LogP contribution in [-0.2, 0) is 22.6 Å². The molecule has 0 aliphatic rings. The number of hydrogen-bond donors (Lipinski definition) is 1. The molecule has 3 aromatic rings. The van der Waals surface area contributed by atoms with E-state index in [1.807, 2.05) is 30.3 Å². The Hall–Kier alpha value is -3.61. The van der Waals surface area contributed by atoms with Crippen molar-refractivity contribution in [3.63, 3.8) is 0 Å². The number of benzene rings is 2. The Morgan fingerprint density at radius 3 is 2.59 bits per heavy atom. The van der Waals surface area contributed by atoms with Gasteiger partial charge in [0.1, 0.15) is 24.0 Å². The number of carbonyl (C=O) groups excluding carboxylic acids is 2. The van der Waals surface area contributed by atoms with Crippen molar-refractivity contribution in [2.75, 3.05) is 0 Å². The number of alkyl carbamates (subject to hydrolysis) is 1. The molecule has 1 amide bonds. The lowest BCUT2D eigenvalue weighted by Gasteiger charge is -2.15. The summed E-state index contributed by atoms with van der Waals surface area (Å²) in [7, 11) is 0. The predicted molar refractivity (Wildman–Crippen MR) is 121 cm³/mol. The second-order valence-electron chi connectivity index (χ2n) is 7.61. The number of rotatable bonds is 8. The molecule has 3 rings (SSSR count). The molecule has 1 aromatic heterocycles. The van der Waals surface area contributed by atoms with E-state index in [1.165, 1.54) is 13.0 Å². The number of fused-ring (bicyclic) bond motifs is 1. The minimum atomic E-state index is -0.934. The lowest BCUT2D eigenvalue weighted by molar-refractivity contribution is -0.136. The van der Waals surface area contributed by atoms with Crippen molar-refractivity contribution in [3.05, 3.63) is 75.6 Å². The summed E-state index contributed by atoms with van der Waals surface area (Å²) in [5.41, 5.74) is 2.26. The molecule has 168 valence electrons. The van der Waals surface area contributed by atoms with E-state index in [2.05, 4.69) is 12.2 Å². The van der Waals surface area contributed by atoms with Crippen LogP contribution in [0.1, 0.15) is 43.4 Å². The minimum Gasteiger partial charge on any atom is -0.445 e. The van der Waals surface area contributed by atoms with Crippen molar-refractivity contribution in [1.29, 1.82) is 0 Å². The van der Waals surface area contributed by atoms with Crippen LogP contribution in [0.4, 0.5) is 4.79 Å². The van der Waals surface area contributed by atoms with Crippen LogP contribution in [-0.4, -0.2) is 18.1 Å². The maximum Gasteiger partial charge on any atom is 0.408 e. The molecule has 7 heteroatoms. The Balaban J connectivity index is 1.67. The first-order chi connectivity index (χ1) is 15.4. The average Bonchev–Trinajstić information content (AvgIpc) is 2.78.